The van der Waals surface area contributed by atoms with Crippen molar-refractivity contribution in [2.75, 3.05) is 0 Å². The van der Waals surface area contributed by atoms with Gasteiger partial charge in [-0.25, -0.2) is 9.03 Å². The van der Waals surface area contributed by atoms with Gasteiger partial charge < -0.3 is 23.8 Å². The van der Waals surface area contributed by atoms with Crippen LogP contribution in [0.3, 0.4) is 0 Å². The van der Waals surface area contributed by atoms with Crippen LogP contribution in [0.1, 0.15) is 20.8 Å². The fourth-order valence-electron chi connectivity index (χ4n) is 9.61. The minimum Gasteiger partial charge on any atom is -0.809 e. The third-order valence-corrected chi connectivity index (χ3v) is 32.1. The minimum atomic E-state index is -3.51. The van der Waals surface area contributed by atoms with E-state index in [0.29, 0.717) is 63.7 Å². The Labute approximate surface area is 603 Å². The Morgan fingerprint density at radius 1 is 0.247 bits per heavy atom. The van der Waals surface area contributed by atoms with Gasteiger partial charge in [-0.15, -0.1) is 0 Å². The van der Waals surface area contributed by atoms with Gasteiger partial charge in [-0.1, -0.05) is 315 Å². The van der Waals surface area contributed by atoms with E-state index >= 15 is 0 Å². The van der Waals surface area contributed by atoms with Gasteiger partial charge in [-0.2, -0.15) is 15.8 Å². The van der Waals surface area contributed by atoms with Crippen molar-refractivity contribution in [3.63, 3.8) is 0 Å². The fourth-order valence-corrected chi connectivity index (χ4v) is 27.5. The van der Waals surface area contributed by atoms with E-state index in [1.165, 1.54) is 20.8 Å². The maximum atomic E-state index is 14.4. The van der Waals surface area contributed by atoms with Crippen molar-refractivity contribution in [2.45, 2.75) is 20.8 Å². The molecule has 12 aromatic carbocycles. The van der Waals surface area contributed by atoms with Gasteiger partial charge in [0.25, 0.3) is 0 Å². The van der Waals surface area contributed by atoms with Crippen LogP contribution < -0.4 is 73.4 Å². The second kappa shape index (κ2) is 39.2. The standard InChI is InChI=1S/3C24H20NO2P2.3C2H3N.Nd/c3*26-28(21-13-5-1-6-14-21,22-15-7-2-8-16-22)25-29(27,23-17-9-3-10-18-23)24-19-11-4-12-20-24;3*1-2-3;/h3*1-20H;3*1H3;/q3*-1;;;;+3. The Balaban J connectivity index is 0.000000215. The number of nitriles is 3. The molecule has 1 radical (unpaired) electrons. The number of benzene rings is 12. The summed E-state index contributed by atoms with van der Waals surface area (Å²) < 4.78 is 67.2. The van der Waals surface area contributed by atoms with Gasteiger partial charge in [0, 0.05) is 42.0 Å². The third kappa shape index (κ3) is 20.4. The van der Waals surface area contributed by atoms with Gasteiger partial charge in [0.05, 0.1) is 32.8 Å². The van der Waals surface area contributed by atoms with E-state index in [0.717, 1.165) is 0 Å². The average molecular weight is 1520 g/mol. The van der Waals surface area contributed by atoms with E-state index in [2.05, 4.69) is 0 Å². The molecule has 0 bridgehead atoms. The molecule has 19 heteroatoms. The molecular formula is C78H69N6NdO6P6. The van der Waals surface area contributed by atoms with E-state index < -0.39 is 43.7 Å². The van der Waals surface area contributed by atoms with Gasteiger partial charge in [0.15, 0.2) is 0 Å². The molecule has 0 unspecified atom stereocenters. The van der Waals surface area contributed by atoms with Gasteiger partial charge in [0.1, 0.15) is 0 Å². The molecular weight excluding hydrogens is 1450 g/mol. The summed E-state index contributed by atoms with van der Waals surface area (Å²) in [6.07, 6.45) is 0. The van der Waals surface area contributed by atoms with Gasteiger partial charge in [0.2, 0.25) is 14.6 Å². The number of rotatable bonds is 16. The van der Waals surface area contributed by atoms with Crippen LogP contribution in [0.4, 0.5) is 0 Å². The first kappa shape index (κ1) is 77.7. The van der Waals surface area contributed by atoms with Crippen LogP contribution in [0.2, 0.25) is 0 Å². The Bertz CT molecular complexity index is 4210. The molecule has 12 nitrogen and oxygen atoms in total. The molecule has 0 aliphatic rings. The van der Waals surface area contributed by atoms with Crippen molar-refractivity contribution in [2.24, 2.45) is 9.03 Å². The predicted molar refractivity (Wildman–Crippen MR) is 399 cm³/mol. The molecule has 0 fully saturated rings. The third-order valence-electron chi connectivity index (χ3n) is 14.0. The summed E-state index contributed by atoms with van der Waals surface area (Å²) in [5.74, 6) is 0. The van der Waals surface area contributed by atoms with E-state index in [1.54, 1.807) is 164 Å². The summed E-state index contributed by atoms with van der Waals surface area (Å²) >= 11 is 0. The molecule has 0 aliphatic heterocycles. The molecule has 0 N–H and O–H groups in total. The summed E-state index contributed by atoms with van der Waals surface area (Å²) in [4.78, 5) is 33.6. The van der Waals surface area contributed by atoms with Gasteiger partial charge in [-0.05, 0) is 106 Å². The van der Waals surface area contributed by atoms with Crippen molar-refractivity contribution in [1.82, 2.24) is 0 Å². The molecule has 0 spiro atoms. The SMILES string of the molecule is CC#N.CC#N.CC#N.O=P(N=P([O-])(c1ccccc1)c1ccccc1)(c1ccccc1)c1ccccc1.O=P(N=P([O-])(c1ccccc1)c1ccccc1)(c1ccccc1)c1ccccc1.O=P([N-]P(=O)(c1ccccc1)c1ccccc1)(c1ccccc1)c1ccccc1.[Nd+3]. The summed E-state index contributed by atoms with van der Waals surface area (Å²) in [5.41, 5.74) is 0. The Morgan fingerprint density at radius 3 is 0.495 bits per heavy atom. The predicted octanol–water partition coefficient (Wildman–Crippen LogP) is 14.9. The molecule has 0 amide bonds. The zero-order valence-electron chi connectivity index (χ0n) is 53.5. The first-order chi connectivity index (χ1) is 46.6. The molecule has 12 aromatic rings. The molecule has 97 heavy (non-hydrogen) atoms. The van der Waals surface area contributed by atoms with E-state index in [-0.39, 0.29) is 40.8 Å². The molecule has 0 atom stereocenters. The quantitative estimate of drug-likeness (QED) is 0.0837. The second-order valence-electron chi connectivity index (χ2n) is 20.4. The van der Waals surface area contributed by atoms with Crippen molar-refractivity contribution in [3.8, 4) is 18.2 Å². The maximum Gasteiger partial charge on any atom is 3.00 e. The van der Waals surface area contributed by atoms with Crippen molar-refractivity contribution >= 4 is 107 Å². The number of hydrogen-bond acceptors (Lipinski definition) is 9. The second-order valence-corrected chi connectivity index (χ2v) is 35.7. The molecule has 481 valence electrons. The number of nitrogens with zero attached hydrogens (tertiary/aromatic N) is 6. The first-order valence-corrected chi connectivity index (χ1v) is 40.0. The van der Waals surface area contributed by atoms with Crippen LogP contribution in [0.5, 0.6) is 0 Å². The van der Waals surface area contributed by atoms with Crippen molar-refractivity contribution < 1.29 is 68.9 Å². The Morgan fingerprint density at radius 2 is 0.361 bits per heavy atom. The summed E-state index contributed by atoms with van der Waals surface area (Å²) in [6.45, 7) is 4.29. The fraction of sp³-hybridized carbons (Fsp3) is 0.0385. The molecule has 0 heterocycles. The van der Waals surface area contributed by atoms with E-state index in [9.17, 15) is 28.0 Å². The smallest absolute Gasteiger partial charge is 0.809 e. The van der Waals surface area contributed by atoms with Gasteiger partial charge >= 0.3 is 40.8 Å². The zero-order valence-corrected chi connectivity index (χ0v) is 62.0. The summed E-state index contributed by atoms with van der Waals surface area (Å²) in [5, 5.41) is 28.8. The normalized spacial score (nSPS) is 10.8. The maximum absolute atomic E-state index is 14.4. The van der Waals surface area contributed by atoms with Crippen LogP contribution >= 0.6 is 43.7 Å². The van der Waals surface area contributed by atoms with Crippen molar-refractivity contribution in [3.05, 3.63) is 369 Å². The largest absolute Gasteiger partial charge is 3.00 e. The van der Waals surface area contributed by atoms with Crippen LogP contribution in [0.25, 0.3) is 4.86 Å². The molecule has 0 aliphatic carbocycles. The van der Waals surface area contributed by atoms with Crippen LogP contribution in [0, 0.1) is 74.8 Å². The number of hydrogen-bond donors (Lipinski definition) is 0. The van der Waals surface area contributed by atoms with E-state index in [4.69, 9.17) is 29.7 Å². The Kier molecular flexibility index (Phi) is 31.4. The minimum absolute atomic E-state index is 0. The summed E-state index contributed by atoms with van der Waals surface area (Å²) in [6, 6.07) is 115. The molecule has 12 rings (SSSR count). The zero-order chi connectivity index (χ0) is 68.6. The van der Waals surface area contributed by atoms with Crippen LogP contribution in [0.15, 0.2) is 373 Å². The molecule has 0 saturated carbocycles. The Hall–Kier alpha value is -8.28. The summed E-state index contributed by atoms with van der Waals surface area (Å²) in [7, 11) is -21.1. The topological polar surface area (TPSA) is 225 Å². The van der Waals surface area contributed by atoms with Crippen LogP contribution in [-0.4, -0.2) is 0 Å². The van der Waals surface area contributed by atoms with E-state index in [1.807, 2.05) is 218 Å². The van der Waals surface area contributed by atoms with Crippen molar-refractivity contribution in [1.29, 1.82) is 15.8 Å². The van der Waals surface area contributed by atoms with Gasteiger partial charge in [-0.3, -0.25) is 9.13 Å². The monoisotopic (exact) mass is 1510 g/mol. The molecule has 0 saturated heterocycles. The first-order valence-electron chi connectivity index (χ1n) is 30.1. The van der Waals surface area contributed by atoms with Crippen LogP contribution in [-0.2, 0) is 18.3 Å². The molecule has 0 aromatic heterocycles. The average Bonchev–Trinajstić information content (AvgIpc) is 0.783.